The molecule has 3 heteroatoms. The van der Waals surface area contributed by atoms with Gasteiger partial charge in [0.25, 0.3) is 0 Å². The zero-order valence-electron chi connectivity index (χ0n) is 78.3. The van der Waals surface area contributed by atoms with E-state index in [0.717, 1.165) is 76.9 Å². The van der Waals surface area contributed by atoms with E-state index in [9.17, 15) is 0 Å². The predicted octanol–water partition coefficient (Wildman–Crippen LogP) is 38.6. The third-order valence-electron chi connectivity index (χ3n) is 28.8. The second-order valence-electron chi connectivity index (χ2n) is 41.2. The lowest BCUT2D eigenvalue weighted by atomic mass is 9.78. The van der Waals surface area contributed by atoms with E-state index in [1.54, 1.807) is 0 Å². The van der Waals surface area contributed by atoms with E-state index in [1.807, 2.05) is 12.1 Å². The van der Waals surface area contributed by atoms with E-state index in [-0.39, 0.29) is 21.7 Å². The third kappa shape index (κ3) is 13.8. The Morgan fingerprint density at radius 2 is 0.415 bits per heavy atom. The van der Waals surface area contributed by atoms with Gasteiger partial charge >= 0.3 is 0 Å². The van der Waals surface area contributed by atoms with Crippen LogP contribution in [0.3, 0.4) is 0 Å². The highest BCUT2D eigenvalue weighted by Gasteiger charge is 2.30. The molecule has 0 saturated carbocycles. The molecule has 0 aliphatic rings. The van der Waals surface area contributed by atoms with Gasteiger partial charge in [-0.05, 0) is 280 Å². The zero-order chi connectivity index (χ0) is 91.7. The van der Waals surface area contributed by atoms with Crippen molar-refractivity contribution in [1.29, 1.82) is 0 Å². The summed E-state index contributed by atoms with van der Waals surface area (Å²) < 4.78 is 19.5. The largest absolute Gasteiger partial charge is 0.456 e. The van der Waals surface area contributed by atoms with Crippen molar-refractivity contribution in [2.75, 3.05) is 0 Å². The lowest BCUT2D eigenvalue weighted by Gasteiger charge is -2.25. The van der Waals surface area contributed by atoms with E-state index in [2.05, 4.69) is 471 Å². The Balaban J connectivity index is 0.000000111. The standard InChI is InChI=1S/C48H40O.C44H38O.C40H24O/c1-47(2,3)30-23-25-37-41(27-30)44(39-20-13-19-38-35-18-11-12-21-43(35)49-46(38)39)36-24-22-31(48(4,5)6)28-42(36)45(37)40-26-29-14-7-8-15-32(29)33-16-9-10-17-34(33)40;1-43(2,3)31-19-21-35-37(25-31)41(29-16-15-27-11-7-8-12-28(27)23-29)34-20-18-32(44(4,5)6)26-38(34)42(35)30-17-22-40-36(24-30)33-13-9-10-14-39(33)45-40;1-2-13-26-25(12-1)24-36(28-15-4-3-14-27(26)28)39-32-19-7-5-17-30(32)38(31-18-6-8-20-33(31)39)35-22-11-21-34-29-16-9-10-23-37(29)41-40(34)35/h7-28H,1-6H3;7-26H,1-6H3;1-24H. The average molecular weight is 1740 g/mol. The van der Waals surface area contributed by atoms with Gasteiger partial charge in [-0.3, -0.25) is 0 Å². The molecule has 0 saturated heterocycles. The first kappa shape index (κ1) is 82.5. The number of furan rings is 3. The molecule has 3 aromatic heterocycles. The summed E-state index contributed by atoms with van der Waals surface area (Å²) in [5.74, 6) is 0. The zero-order valence-corrected chi connectivity index (χ0v) is 78.3. The fourth-order valence-electron chi connectivity index (χ4n) is 21.9. The van der Waals surface area contributed by atoms with Crippen molar-refractivity contribution in [3.05, 3.63) is 423 Å². The molecule has 3 nitrogen and oxygen atoms in total. The number of benzene rings is 23. The quantitative estimate of drug-likeness (QED) is 0.123. The molecule has 26 aromatic rings. The minimum Gasteiger partial charge on any atom is -0.456 e. The third-order valence-corrected chi connectivity index (χ3v) is 28.8. The van der Waals surface area contributed by atoms with E-state index in [0.29, 0.717) is 0 Å². The van der Waals surface area contributed by atoms with Crippen LogP contribution < -0.4 is 0 Å². The first-order valence-corrected chi connectivity index (χ1v) is 47.6. The molecule has 0 fully saturated rings. The van der Waals surface area contributed by atoms with E-state index >= 15 is 0 Å². The highest BCUT2D eigenvalue weighted by molar-refractivity contribution is 6.31. The van der Waals surface area contributed by atoms with Crippen molar-refractivity contribution in [3.8, 4) is 66.8 Å². The summed E-state index contributed by atoms with van der Waals surface area (Å²) in [6, 6.07) is 147. The maximum Gasteiger partial charge on any atom is 0.143 e. The summed E-state index contributed by atoms with van der Waals surface area (Å²) >= 11 is 0. The molecule has 0 aliphatic heterocycles. The molecule has 26 rings (SSSR count). The Hall–Kier alpha value is -15.7. The summed E-state index contributed by atoms with van der Waals surface area (Å²) in [6.45, 7) is 27.7. The van der Waals surface area contributed by atoms with Crippen LogP contribution in [-0.4, -0.2) is 0 Å². The monoisotopic (exact) mass is 1730 g/mol. The van der Waals surface area contributed by atoms with Crippen LogP contribution in [0, 0.1) is 0 Å². The topological polar surface area (TPSA) is 39.4 Å². The van der Waals surface area contributed by atoms with Crippen molar-refractivity contribution in [2.24, 2.45) is 0 Å². The van der Waals surface area contributed by atoms with Crippen molar-refractivity contribution < 1.29 is 13.3 Å². The second kappa shape index (κ2) is 31.5. The van der Waals surface area contributed by atoms with Crippen molar-refractivity contribution in [2.45, 2.75) is 105 Å². The van der Waals surface area contributed by atoms with Gasteiger partial charge in [0.2, 0.25) is 0 Å². The summed E-state index contributed by atoms with van der Waals surface area (Å²) in [7, 11) is 0. The summed E-state index contributed by atoms with van der Waals surface area (Å²) in [5, 5.41) is 34.7. The molecule has 0 radical (unpaired) electrons. The highest BCUT2D eigenvalue weighted by Crippen LogP contribution is 2.55. The van der Waals surface area contributed by atoms with Crippen LogP contribution in [0.2, 0.25) is 0 Å². The summed E-state index contributed by atoms with van der Waals surface area (Å²) in [6.07, 6.45) is 0. The van der Waals surface area contributed by atoms with Gasteiger partial charge in [0.1, 0.15) is 33.5 Å². The van der Waals surface area contributed by atoms with Crippen LogP contribution in [0.15, 0.2) is 414 Å². The highest BCUT2D eigenvalue weighted by atomic mass is 16.3. The van der Waals surface area contributed by atoms with Crippen LogP contribution >= 0.6 is 0 Å². The van der Waals surface area contributed by atoms with Crippen LogP contribution in [-0.2, 0) is 21.7 Å². The number of hydrogen-bond acceptors (Lipinski definition) is 3. The van der Waals surface area contributed by atoms with Gasteiger partial charge in [-0.1, -0.05) is 411 Å². The van der Waals surface area contributed by atoms with E-state index < -0.39 is 0 Å². The molecule has 0 N–H and O–H groups in total. The Bertz CT molecular complexity index is 9360. The number of para-hydroxylation sites is 5. The smallest absolute Gasteiger partial charge is 0.143 e. The predicted molar refractivity (Wildman–Crippen MR) is 581 cm³/mol. The van der Waals surface area contributed by atoms with Crippen LogP contribution in [0.4, 0.5) is 0 Å². The molecule has 0 amide bonds. The van der Waals surface area contributed by atoms with Gasteiger partial charge in [0, 0.05) is 54.6 Å². The molecule has 0 atom stereocenters. The van der Waals surface area contributed by atoms with Crippen molar-refractivity contribution in [1.82, 2.24) is 0 Å². The minimum absolute atomic E-state index is 0.0130. The molecule has 23 aromatic carbocycles. The summed E-state index contributed by atoms with van der Waals surface area (Å²) in [5.41, 5.74) is 25.7. The molecule has 3 heterocycles. The first-order chi connectivity index (χ1) is 65.5. The molecule has 135 heavy (non-hydrogen) atoms. The molecule has 0 spiro atoms. The van der Waals surface area contributed by atoms with Crippen molar-refractivity contribution >= 4 is 184 Å². The van der Waals surface area contributed by atoms with E-state index in [4.69, 9.17) is 13.3 Å². The van der Waals surface area contributed by atoms with Gasteiger partial charge in [-0.15, -0.1) is 0 Å². The molecule has 0 aliphatic carbocycles. The normalized spacial score (nSPS) is 12.4. The molecular weight excluding hydrogens is 1630 g/mol. The maximum absolute atomic E-state index is 6.73. The maximum atomic E-state index is 6.73. The van der Waals surface area contributed by atoms with Gasteiger partial charge in [0.15, 0.2) is 0 Å². The number of rotatable bonds is 6. The van der Waals surface area contributed by atoms with Crippen LogP contribution in [0.1, 0.15) is 105 Å². The average Bonchev–Trinajstić information content (AvgIpc) is 1.65. The van der Waals surface area contributed by atoms with Crippen LogP contribution in [0.25, 0.3) is 251 Å². The molecule has 648 valence electrons. The molecule has 0 bridgehead atoms. The fraction of sp³-hybridized carbons (Fsp3) is 0.121. The minimum atomic E-state index is -0.0162. The van der Waals surface area contributed by atoms with Gasteiger partial charge in [0.05, 0.1) is 0 Å². The Labute approximate surface area is 786 Å². The summed E-state index contributed by atoms with van der Waals surface area (Å²) in [4.78, 5) is 0. The van der Waals surface area contributed by atoms with Crippen LogP contribution in [0.5, 0.6) is 0 Å². The molecular formula is C132H102O3. The first-order valence-electron chi connectivity index (χ1n) is 47.6. The Kier molecular flexibility index (Phi) is 19.3. The van der Waals surface area contributed by atoms with E-state index in [1.165, 1.54) is 196 Å². The molecule has 0 unspecified atom stereocenters. The SMILES string of the molecule is CC(C)(C)c1ccc2c(-c3ccc4oc5ccccc5c4c3)c3cc(C(C)(C)C)ccc3c(-c3ccc4ccccc4c3)c2c1.CC(C)(C)c1ccc2c(-c3cccc4c3oc3ccccc34)c3cc(C(C)(C)C)ccc3c(-c3cc4ccccc4c4ccccc34)c2c1.c1ccc2c(c1)cc(-c1c3ccccc3c(-c3cccc4c3oc3ccccc34)c3ccccc13)c1ccccc12. The van der Waals surface area contributed by atoms with Gasteiger partial charge in [-0.25, -0.2) is 0 Å². The fourth-order valence-corrected chi connectivity index (χ4v) is 21.9. The lowest BCUT2D eigenvalue weighted by molar-refractivity contribution is 0.590. The Morgan fingerprint density at radius 1 is 0.141 bits per heavy atom. The van der Waals surface area contributed by atoms with Gasteiger partial charge < -0.3 is 13.3 Å². The second-order valence-corrected chi connectivity index (χ2v) is 41.2. The number of hydrogen-bond donors (Lipinski definition) is 0. The lowest BCUT2D eigenvalue weighted by Crippen LogP contribution is -2.11. The number of fused-ring (bicyclic) bond motifs is 22. The van der Waals surface area contributed by atoms with Gasteiger partial charge in [-0.2, -0.15) is 0 Å². The van der Waals surface area contributed by atoms with Crippen molar-refractivity contribution in [3.63, 3.8) is 0 Å². The Morgan fingerprint density at radius 3 is 0.830 bits per heavy atom.